The highest BCUT2D eigenvalue weighted by molar-refractivity contribution is 9.09. The van der Waals surface area contributed by atoms with E-state index in [1.54, 1.807) is 0 Å². The van der Waals surface area contributed by atoms with Crippen LogP contribution in [0.1, 0.15) is 19.3 Å². The number of hydrogen-bond acceptors (Lipinski definition) is 3. The van der Waals surface area contributed by atoms with Gasteiger partial charge < -0.3 is 4.98 Å². The third kappa shape index (κ3) is 2.64. The molecule has 1 aliphatic carbocycles. The van der Waals surface area contributed by atoms with Gasteiger partial charge in [0.2, 0.25) is 0 Å². The lowest BCUT2D eigenvalue weighted by Crippen LogP contribution is -2.31. The standard InChI is InChI=1S/C9H14BrN3O2S/c10-8-3-1-2-7(8)4-13-16(14,15)9-5-11-6-12-9/h5-8,13H,1-4H2,(H,11,12). The van der Waals surface area contributed by atoms with Gasteiger partial charge in [-0.2, -0.15) is 0 Å². The van der Waals surface area contributed by atoms with Gasteiger partial charge in [0.1, 0.15) is 0 Å². The van der Waals surface area contributed by atoms with Crippen molar-refractivity contribution in [2.75, 3.05) is 6.54 Å². The molecule has 0 spiro atoms. The molecule has 1 aromatic heterocycles. The lowest BCUT2D eigenvalue weighted by atomic mass is 10.1. The predicted molar refractivity (Wildman–Crippen MR) is 63.8 cm³/mol. The minimum Gasteiger partial charge on any atom is -0.335 e. The highest BCUT2D eigenvalue weighted by Crippen LogP contribution is 2.31. The number of nitrogens with one attached hydrogen (secondary N) is 2. The third-order valence-corrected chi connectivity index (χ3v) is 5.42. The van der Waals surface area contributed by atoms with Gasteiger partial charge in [0.05, 0.1) is 12.5 Å². The molecule has 5 nitrogen and oxygen atoms in total. The van der Waals surface area contributed by atoms with E-state index < -0.39 is 10.0 Å². The first kappa shape index (κ1) is 12.1. The summed E-state index contributed by atoms with van der Waals surface area (Å²) in [5.74, 6) is 0.387. The maximum Gasteiger partial charge on any atom is 0.257 e. The zero-order valence-corrected chi connectivity index (χ0v) is 11.1. The van der Waals surface area contributed by atoms with Gasteiger partial charge >= 0.3 is 0 Å². The second-order valence-electron chi connectivity index (χ2n) is 3.97. The Labute approximate surface area is 103 Å². The van der Waals surface area contributed by atoms with Crippen molar-refractivity contribution >= 4 is 26.0 Å². The van der Waals surface area contributed by atoms with E-state index in [1.165, 1.54) is 12.5 Å². The summed E-state index contributed by atoms with van der Waals surface area (Å²) in [5.41, 5.74) is 0. The van der Waals surface area contributed by atoms with Gasteiger partial charge in [-0.05, 0) is 18.8 Å². The highest BCUT2D eigenvalue weighted by Gasteiger charge is 2.26. The molecule has 90 valence electrons. The van der Waals surface area contributed by atoms with Gasteiger partial charge in [-0.1, -0.05) is 22.4 Å². The molecule has 2 atom stereocenters. The van der Waals surface area contributed by atoms with Crippen LogP contribution in [0.5, 0.6) is 0 Å². The SMILES string of the molecule is O=S(=O)(NCC1CCCC1Br)c1cnc[nH]1. The second-order valence-corrected chi connectivity index (χ2v) is 6.89. The van der Waals surface area contributed by atoms with E-state index in [-0.39, 0.29) is 5.03 Å². The molecule has 0 aromatic carbocycles. The van der Waals surface area contributed by atoms with Crippen LogP contribution >= 0.6 is 15.9 Å². The van der Waals surface area contributed by atoms with Crippen molar-refractivity contribution in [1.82, 2.24) is 14.7 Å². The van der Waals surface area contributed by atoms with Gasteiger partial charge in [0, 0.05) is 11.4 Å². The topological polar surface area (TPSA) is 74.8 Å². The molecule has 0 saturated heterocycles. The Morgan fingerprint density at radius 2 is 2.38 bits per heavy atom. The lowest BCUT2D eigenvalue weighted by molar-refractivity contribution is 0.528. The molecule has 1 aromatic rings. The van der Waals surface area contributed by atoms with Crippen molar-refractivity contribution in [2.45, 2.75) is 29.1 Å². The summed E-state index contributed by atoms with van der Waals surface area (Å²) >= 11 is 3.57. The molecule has 0 bridgehead atoms. The Kier molecular flexibility index (Phi) is 3.66. The largest absolute Gasteiger partial charge is 0.335 e. The van der Waals surface area contributed by atoms with E-state index in [4.69, 9.17) is 0 Å². The quantitative estimate of drug-likeness (QED) is 0.822. The van der Waals surface area contributed by atoms with Crippen LogP contribution in [0.25, 0.3) is 0 Å². The number of imidazole rings is 1. The van der Waals surface area contributed by atoms with Crippen LogP contribution in [-0.2, 0) is 10.0 Å². The van der Waals surface area contributed by atoms with E-state index >= 15 is 0 Å². The summed E-state index contributed by atoms with van der Waals surface area (Å²) in [6.07, 6.45) is 6.02. The average molecular weight is 308 g/mol. The maximum absolute atomic E-state index is 11.8. The Bertz CT molecular complexity index is 432. The Morgan fingerprint density at radius 3 is 2.94 bits per heavy atom. The van der Waals surface area contributed by atoms with E-state index in [0.29, 0.717) is 17.3 Å². The first-order chi connectivity index (χ1) is 7.59. The molecular formula is C9H14BrN3O2S. The molecule has 0 radical (unpaired) electrons. The van der Waals surface area contributed by atoms with E-state index in [2.05, 4.69) is 30.6 Å². The normalized spacial score (nSPS) is 26.1. The number of alkyl halides is 1. The summed E-state index contributed by atoms with van der Waals surface area (Å²) in [6, 6.07) is 0. The van der Waals surface area contributed by atoms with Crippen LogP contribution in [0.4, 0.5) is 0 Å². The van der Waals surface area contributed by atoms with E-state index in [1.807, 2.05) is 0 Å². The Balaban J connectivity index is 1.95. The number of aromatic amines is 1. The third-order valence-electron chi connectivity index (χ3n) is 2.86. The molecule has 1 aliphatic rings. The van der Waals surface area contributed by atoms with Crippen LogP contribution in [-0.4, -0.2) is 29.8 Å². The monoisotopic (exact) mass is 307 g/mol. The summed E-state index contributed by atoms with van der Waals surface area (Å²) in [5, 5.41) is 0.122. The highest BCUT2D eigenvalue weighted by atomic mass is 79.9. The zero-order valence-electron chi connectivity index (χ0n) is 8.69. The molecular weight excluding hydrogens is 294 g/mol. The maximum atomic E-state index is 11.8. The van der Waals surface area contributed by atoms with Crippen molar-refractivity contribution in [1.29, 1.82) is 0 Å². The lowest BCUT2D eigenvalue weighted by Gasteiger charge is -2.14. The molecule has 2 N–H and O–H groups in total. The van der Waals surface area contributed by atoms with Gasteiger partial charge in [-0.15, -0.1) is 0 Å². The molecule has 16 heavy (non-hydrogen) atoms. The number of rotatable bonds is 4. The molecule has 1 saturated carbocycles. The van der Waals surface area contributed by atoms with Crippen molar-refractivity contribution in [3.05, 3.63) is 12.5 Å². The molecule has 1 fully saturated rings. The first-order valence-electron chi connectivity index (χ1n) is 5.22. The van der Waals surface area contributed by atoms with Crippen molar-refractivity contribution < 1.29 is 8.42 Å². The van der Waals surface area contributed by atoms with E-state index in [0.717, 1.165) is 19.3 Å². The zero-order chi connectivity index (χ0) is 11.6. The summed E-state index contributed by atoms with van der Waals surface area (Å²) in [7, 11) is -3.42. The van der Waals surface area contributed by atoms with Crippen LogP contribution < -0.4 is 4.72 Å². The van der Waals surface area contributed by atoms with Crippen molar-refractivity contribution in [2.24, 2.45) is 5.92 Å². The van der Waals surface area contributed by atoms with Gasteiger partial charge in [0.15, 0.2) is 5.03 Å². The van der Waals surface area contributed by atoms with Crippen molar-refractivity contribution in [3.8, 4) is 0 Å². The summed E-state index contributed by atoms with van der Waals surface area (Å²) in [6.45, 7) is 0.483. The molecule has 7 heteroatoms. The molecule has 0 aliphatic heterocycles. The molecule has 1 heterocycles. The van der Waals surface area contributed by atoms with Crippen molar-refractivity contribution in [3.63, 3.8) is 0 Å². The average Bonchev–Trinajstić information content (AvgIpc) is 2.85. The smallest absolute Gasteiger partial charge is 0.257 e. The fourth-order valence-electron chi connectivity index (χ4n) is 1.91. The molecule has 2 unspecified atom stereocenters. The number of H-pyrrole nitrogens is 1. The minimum absolute atomic E-state index is 0.122. The first-order valence-corrected chi connectivity index (χ1v) is 7.61. The molecule has 2 rings (SSSR count). The fourth-order valence-corrected chi connectivity index (χ4v) is 3.68. The van der Waals surface area contributed by atoms with Gasteiger partial charge in [-0.25, -0.2) is 18.1 Å². The van der Waals surface area contributed by atoms with Gasteiger partial charge in [-0.3, -0.25) is 0 Å². The number of aromatic nitrogens is 2. The summed E-state index contributed by atoms with van der Waals surface area (Å²) < 4.78 is 26.1. The van der Waals surface area contributed by atoms with Crippen LogP contribution in [0.3, 0.4) is 0 Å². The number of sulfonamides is 1. The molecule has 0 amide bonds. The number of halogens is 1. The van der Waals surface area contributed by atoms with Crippen LogP contribution in [0, 0.1) is 5.92 Å². The van der Waals surface area contributed by atoms with Crippen LogP contribution in [0.15, 0.2) is 17.6 Å². The number of nitrogens with zero attached hydrogens (tertiary/aromatic N) is 1. The Morgan fingerprint density at radius 1 is 1.56 bits per heavy atom. The van der Waals surface area contributed by atoms with E-state index in [9.17, 15) is 8.42 Å². The van der Waals surface area contributed by atoms with Gasteiger partial charge in [0.25, 0.3) is 10.0 Å². The number of hydrogen-bond donors (Lipinski definition) is 2. The predicted octanol–water partition coefficient (Wildman–Crippen LogP) is 1.25. The minimum atomic E-state index is -3.42. The Hall–Kier alpha value is -0.400. The fraction of sp³-hybridized carbons (Fsp3) is 0.667. The van der Waals surface area contributed by atoms with Crippen LogP contribution in [0.2, 0.25) is 0 Å². The second kappa shape index (κ2) is 4.85. The summed E-state index contributed by atoms with van der Waals surface area (Å²) in [4.78, 5) is 6.72.